The number of halogens is 1. The van der Waals surface area contributed by atoms with Crippen LogP contribution in [0.3, 0.4) is 0 Å². The zero-order valence-electron chi connectivity index (χ0n) is 10.8. The summed E-state index contributed by atoms with van der Waals surface area (Å²) in [6, 6.07) is 6.43. The Labute approximate surface area is 108 Å². The summed E-state index contributed by atoms with van der Waals surface area (Å²) in [7, 11) is 0. The Balaban J connectivity index is 2.09. The lowest BCUT2D eigenvalue weighted by Gasteiger charge is -2.41. The van der Waals surface area contributed by atoms with E-state index in [2.05, 4.69) is 12.2 Å². The van der Waals surface area contributed by atoms with E-state index in [1.807, 2.05) is 0 Å². The van der Waals surface area contributed by atoms with Crippen LogP contribution in [0, 0.1) is 5.82 Å². The van der Waals surface area contributed by atoms with E-state index in [-0.39, 0.29) is 17.5 Å². The number of ether oxygens (including phenoxy) is 1. The third-order valence-corrected chi connectivity index (χ3v) is 3.65. The van der Waals surface area contributed by atoms with Gasteiger partial charge in [-0.3, -0.25) is 0 Å². The fraction of sp³-hybridized carbons (Fsp3) is 0.571. The van der Waals surface area contributed by atoms with Gasteiger partial charge < -0.3 is 15.8 Å². The van der Waals surface area contributed by atoms with Gasteiger partial charge in [-0.05, 0) is 43.5 Å². The van der Waals surface area contributed by atoms with Gasteiger partial charge in [0.15, 0.2) is 0 Å². The molecule has 3 N–H and O–H groups in total. The van der Waals surface area contributed by atoms with Crippen molar-refractivity contribution in [1.82, 2.24) is 0 Å². The summed E-state index contributed by atoms with van der Waals surface area (Å²) in [4.78, 5) is 0. The largest absolute Gasteiger partial charge is 0.378 e. The molecular weight excluding hydrogens is 231 g/mol. The number of nitrogens with one attached hydrogen (secondary N) is 1. The maximum absolute atomic E-state index is 12.9. The molecule has 1 fully saturated rings. The second-order valence-corrected chi connectivity index (χ2v) is 4.97. The Morgan fingerprint density at radius 2 is 2.17 bits per heavy atom. The Morgan fingerprint density at radius 3 is 2.78 bits per heavy atom. The first-order valence-corrected chi connectivity index (χ1v) is 6.53. The van der Waals surface area contributed by atoms with Gasteiger partial charge >= 0.3 is 0 Å². The monoisotopic (exact) mass is 252 g/mol. The molecule has 0 spiro atoms. The van der Waals surface area contributed by atoms with E-state index in [1.165, 1.54) is 12.1 Å². The van der Waals surface area contributed by atoms with Gasteiger partial charge in [-0.15, -0.1) is 0 Å². The van der Waals surface area contributed by atoms with Crippen molar-refractivity contribution in [2.45, 2.75) is 37.8 Å². The van der Waals surface area contributed by atoms with E-state index < -0.39 is 0 Å². The lowest BCUT2D eigenvalue weighted by atomic mass is 9.85. The molecule has 0 amide bonds. The van der Waals surface area contributed by atoms with Crippen molar-refractivity contribution in [3.05, 3.63) is 30.1 Å². The maximum atomic E-state index is 12.9. The van der Waals surface area contributed by atoms with Crippen LogP contribution in [-0.4, -0.2) is 24.8 Å². The average molecular weight is 252 g/mol. The van der Waals surface area contributed by atoms with Crippen molar-refractivity contribution in [3.8, 4) is 0 Å². The van der Waals surface area contributed by atoms with Crippen LogP contribution in [0.2, 0.25) is 0 Å². The van der Waals surface area contributed by atoms with E-state index in [4.69, 9.17) is 10.5 Å². The molecule has 100 valence electrons. The summed E-state index contributed by atoms with van der Waals surface area (Å²) in [5.41, 5.74) is 6.73. The minimum absolute atomic E-state index is 0.128. The molecular formula is C14H21FN2O. The topological polar surface area (TPSA) is 47.3 Å². The quantitative estimate of drug-likeness (QED) is 0.865. The van der Waals surface area contributed by atoms with Crippen molar-refractivity contribution >= 4 is 5.69 Å². The summed E-state index contributed by atoms with van der Waals surface area (Å²) in [5.74, 6) is -0.222. The van der Waals surface area contributed by atoms with Crippen molar-refractivity contribution in [2.75, 3.05) is 18.5 Å². The summed E-state index contributed by atoms with van der Waals surface area (Å²) in [5, 5.41) is 3.46. The van der Waals surface area contributed by atoms with Gasteiger partial charge in [-0.25, -0.2) is 4.39 Å². The lowest BCUT2D eigenvalue weighted by molar-refractivity contribution is -0.0125. The number of anilines is 1. The highest BCUT2D eigenvalue weighted by Crippen LogP contribution is 2.29. The molecule has 2 unspecified atom stereocenters. The fourth-order valence-electron chi connectivity index (χ4n) is 2.47. The third-order valence-electron chi connectivity index (χ3n) is 3.65. The van der Waals surface area contributed by atoms with Gasteiger partial charge in [0.1, 0.15) is 5.82 Å². The van der Waals surface area contributed by atoms with Crippen molar-refractivity contribution < 1.29 is 9.13 Å². The predicted octanol–water partition coefficient (Wildman–Crippen LogP) is 2.52. The van der Waals surface area contributed by atoms with Crippen LogP contribution >= 0.6 is 0 Å². The van der Waals surface area contributed by atoms with E-state index in [0.717, 1.165) is 31.6 Å². The molecule has 1 aliphatic rings. The second kappa shape index (κ2) is 5.67. The summed E-state index contributed by atoms with van der Waals surface area (Å²) in [6.45, 7) is 3.41. The molecule has 0 radical (unpaired) electrons. The van der Waals surface area contributed by atoms with Gasteiger partial charge in [0.2, 0.25) is 0 Å². The Morgan fingerprint density at radius 1 is 1.44 bits per heavy atom. The van der Waals surface area contributed by atoms with Crippen LogP contribution in [-0.2, 0) is 4.74 Å². The number of benzene rings is 1. The molecule has 0 saturated carbocycles. The molecule has 0 aliphatic carbocycles. The van der Waals surface area contributed by atoms with Gasteiger partial charge in [0.05, 0.1) is 11.6 Å². The van der Waals surface area contributed by atoms with E-state index in [9.17, 15) is 4.39 Å². The average Bonchev–Trinajstić information content (AvgIpc) is 2.42. The molecule has 1 saturated heterocycles. The molecule has 1 heterocycles. The normalized spacial score (nSPS) is 28.1. The first-order valence-electron chi connectivity index (χ1n) is 6.53. The van der Waals surface area contributed by atoms with Gasteiger partial charge in [-0.2, -0.15) is 0 Å². The predicted molar refractivity (Wildman–Crippen MR) is 71.1 cm³/mol. The van der Waals surface area contributed by atoms with Crippen LogP contribution in [0.4, 0.5) is 10.1 Å². The highest BCUT2D eigenvalue weighted by molar-refractivity contribution is 5.45. The van der Waals surface area contributed by atoms with Crippen molar-refractivity contribution in [2.24, 2.45) is 5.73 Å². The minimum atomic E-state index is -0.222. The molecule has 2 atom stereocenters. The molecule has 4 heteroatoms. The van der Waals surface area contributed by atoms with Crippen LogP contribution in [0.15, 0.2) is 24.3 Å². The number of rotatable bonds is 4. The highest BCUT2D eigenvalue weighted by atomic mass is 19.1. The highest BCUT2D eigenvalue weighted by Gasteiger charge is 2.35. The second-order valence-electron chi connectivity index (χ2n) is 4.97. The minimum Gasteiger partial charge on any atom is -0.378 e. The molecule has 0 bridgehead atoms. The Hall–Kier alpha value is -1.13. The number of nitrogens with two attached hydrogens (primary N) is 1. The maximum Gasteiger partial charge on any atom is 0.123 e. The molecule has 18 heavy (non-hydrogen) atoms. The smallest absolute Gasteiger partial charge is 0.123 e. The standard InChI is InChI=1S/C14H21FN2O/c1-2-13-9-14(10-16,7-8-18-13)17-12-5-3-11(15)4-6-12/h3-6,13,17H,2,7-10,16H2,1H3. The van der Waals surface area contributed by atoms with Crippen LogP contribution in [0.1, 0.15) is 26.2 Å². The molecule has 3 nitrogen and oxygen atoms in total. The molecule has 1 aromatic carbocycles. The zero-order valence-corrected chi connectivity index (χ0v) is 10.8. The molecule has 0 aromatic heterocycles. The molecule has 1 aliphatic heterocycles. The van der Waals surface area contributed by atoms with E-state index in [1.54, 1.807) is 12.1 Å². The van der Waals surface area contributed by atoms with Crippen molar-refractivity contribution in [1.29, 1.82) is 0 Å². The van der Waals surface area contributed by atoms with Gasteiger partial charge in [-0.1, -0.05) is 6.92 Å². The first-order chi connectivity index (χ1) is 8.67. The summed E-state index contributed by atoms with van der Waals surface area (Å²) >= 11 is 0. The lowest BCUT2D eigenvalue weighted by Crippen LogP contribution is -2.52. The summed E-state index contributed by atoms with van der Waals surface area (Å²) in [6.07, 6.45) is 3.04. The van der Waals surface area contributed by atoms with Crippen LogP contribution in [0.25, 0.3) is 0 Å². The Bertz CT molecular complexity index is 382. The number of hydrogen-bond acceptors (Lipinski definition) is 3. The van der Waals surface area contributed by atoms with E-state index in [0.29, 0.717) is 6.54 Å². The number of hydrogen-bond donors (Lipinski definition) is 2. The van der Waals surface area contributed by atoms with Gasteiger partial charge in [0, 0.05) is 18.8 Å². The SMILES string of the molecule is CCC1CC(CN)(Nc2ccc(F)cc2)CCO1. The first kappa shape index (κ1) is 13.3. The van der Waals surface area contributed by atoms with Crippen molar-refractivity contribution in [3.63, 3.8) is 0 Å². The van der Waals surface area contributed by atoms with Crippen LogP contribution < -0.4 is 11.1 Å². The third kappa shape index (κ3) is 3.00. The van der Waals surface area contributed by atoms with E-state index >= 15 is 0 Å². The molecule has 1 aromatic rings. The van der Waals surface area contributed by atoms with Gasteiger partial charge in [0.25, 0.3) is 0 Å². The van der Waals surface area contributed by atoms with Crippen LogP contribution in [0.5, 0.6) is 0 Å². The fourth-order valence-corrected chi connectivity index (χ4v) is 2.47. The molecule has 2 rings (SSSR count). The summed E-state index contributed by atoms with van der Waals surface area (Å²) < 4.78 is 18.6. The zero-order chi connectivity index (χ0) is 13.0. The Kier molecular flexibility index (Phi) is 4.19.